The molecule has 0 saturated carbocycles. The summed E-state index contributed by atoms with van der Waals surface area (Å²) in [5.41, 5.74) is 7.87. The van der Waals surface area contributed by atoms with E-state index in [0.717, 1.165) is 17.5 Å². The molecular weight excluding hydrogens is 461 g/mol. The van der Waals surface area contributed by atoms with Crippen LogP contribution in [0, 0.1) is 12.1 Å². The Morgan fingerprint density at radius 1 is 0.562 bits per heavy atom. The van der Waals surface area contributed by atoms with Crippen LogP contribution in [0.5, 0.6) is 0 Å². The van der Waals surface area contributed by atoms with E-state index in [4.69, 9.17) is 0 Å². The van der Waals surface area contributed by atoms with Crippen molar-refractivity contribution in [2.75, 3.05) is 0 Å². The van der Waals surface area contributed by atoms with E-state index in [0.29, 0.717) is 0 Å². The number of fused-ring (bicyclic) bond motifs is 5. The van der Waals surface area contributed by atoms with Crippen molar-refractivity contribution in [1.29, 1.82) is 0 Å². The fourth-order valence-electron chi connectivity index (χ4n) is 3.70. The molecule has 1 aliphatic carbocycles. The van der Waals surface area contributed by atoms with Crippen molar-refractivity contribution >= 4 is 10.8 Å². The van der Waals surface area contributed by atoms with Crippen molar-refractivity contribution < 1.29 is 32.7 Å². The van der Waals surface area contributed by atoms with Crippen molar-refractivity contribution in [2.24, 2.45) is 0 Å². The van der Waals surface area contributed by atoms with E-state index in [1.807, 2.05) is 73.6 Å². The van der Waals surface area contributed by atoms with Crippen LogP contribution in [-0.2, 0) is 39.1 Å². The van der Waals surface area contributed by atoms with E-state index in [1.165, 1.54) is 33.0 Å². The maximum Gasteiger partial charge on any atom is 0 e. The summed E-state index contributed by atoms with van der Waals surface area (Å²) >= 11 is 0. The van der Waals surface area contributed by atoms with Crippen LogP contribution >= 0.6 is 0 Å². The average molecular weight is 500 g/mol. The monoisotopic (exact) mass is 499 g/mol. The van der Waals surface area contributed by atoms with Gasteiger partial charge in [-0.3, -0.25) is 0 Å². The first-order chi connectivity index (χ1) is 15.4. The van der Waals surface area contributed by atoms with Gasteiger partial charge in [-0.15, -0.1) is 29.0 Å². The zero-order valence-electron chi connectivity index (χ0n) is 21.2. The van der Waals surface area contributed by atoms with Crippen LogP contribution in [0.1, 0.15) is 66.5 Å². The summed E-state index contributed by atoms with van der Waals surface area (Å²) in [6, 6.07) is 32.3. The molecule has 0 saturated heterocycles. The number of hydrogen-bond acceptors (Lipinski definition) is 0. The molecule has 0 aromatic heterocycles. The van der Waals surface area contributed by atoms with Gasteiger partial charge in [-0.2, -0.15) is 36.4 Å². The summed E-state index contributed by atoms with van der Waals surface area (Å²) in [6.07, 6.45) is 1.02. The van der Waals surface area contributed by atoms with Gasteiger partial charge in [0.15, 0.2) is 0 Å². The van der Waals surface area contributed by atoms with Gasteiger partial charge < -0.3 is 0 Å². The molecule has 0 N–H and O–H groups in total. The summed E-state index contributed by atoms with van der Waals surface area (Å²) in [5.74, 6) is 0. The SMILES string of the molecule is CC.CC.CC.CC.[Y].[c-]1ccccc1-c1[c-]ccc2c3c(ccc12)-c1ccccc1C3. The predicted octanol–water partition coefficient (Wildman–Crippen LogP) is 9.78. The maximum absolute atomic E-state index is 3.41. The average Bonchev–Trinajstić information content (AvgIpc) is 3.28. The third-order valence-corrected chi connectivity index (χ3v) is 4.76. The maximum atomic E-state index is 3.41. The van der Waals surface area contributed by atoms with E-state index >= 15 is 0 Å². The van der Waals surface area contributed by atoms with Crippen LogP contribution in [-0.4, -0.2) is 0 Å². The first-order valence-corrected chi connectivity index (χ1v) is 11.9. The van der Waals surface area contributed by atoms with Gasteiger partial charge in [-0.25, -0.2) is 11.1 Å². The van der Waals surface area contributed by atoms with E-state index in [2.05, 4.69) is 66.7 Å². The third kappa shape index (κ3) is 6.63. The topological polar surface area (TPSA) is 0 Å². The second kappa shape index (κ2) is 16.8. The molecular formula is C31H38Y-2. The third-order valence-electron chi connectivity index (χ3n) is 4.76. The Morgan fingerprint density at radius 3 is 1.88 bits per heavy atom. The normalized spacial score (nSPS) is 9.50. The van der Waals surface area contributed by atoms with Crippen molar-refractivity contribution in [3.63, 3.8) is 0 Å². The molecule has 0 unspecified atom stereocenters. The van der Waals surface area contributed by atoms with Crippen molar-refractivity contribution in [3.8, 4) is 22.3 Å². The number of rotatable bonds is 1. The minimum Gasteiger partial charge on any atom is -0.226 e. The standard InChI is InChI=1S/C23H14.4C2H6.Y/c1-2-7-16(8-3-1)18-11-6-12-20-21(18)13-14-22-19-10-5-4-9-17(19)15-23(20)22;4*1-2;/h1-7,9-10,12-14H,15H2;4*1-2H3;/q-2;;;;;. The van der Waals surface area contributed by atoms with E-state index < -0.39 is 0 Å². The molecule has 1 heteroatoms. The molecule has 0 atom stereocenters. The van der Waals surface area contributed by atoms with Gasteiger partial charge in [0, 0.05) is 32.7 Å². The summed E-state index contributed by atoms with van der Waals surface area (Å²) in [7, 11) is 0. The van der Waals surface area contributed by atoms with Crippen LogP contribution in [0.2, 0.25) is 0 Å². The van der Waals surface area contributed by atoms with Gasteiger partial charge in [-0.05, 0) is 28.7 Å². The van der Waals surface area contributed by atoms with Crippen molar-refractivity contribution in [3.05, 3.63) is 96.1 Å². The summed E-state index contributed by atoms with van der Waals surface area (Å²) < 4.78 is 0. The Kier molecular flexibility index (Phi) is 15.9. The predicted molar refractivity (Wildman–Crippen MR) is 141 cm³/mol. The molecule has 0 bridgehead atoms. The Balaban J connectivity index is 0.000000971. The van der Waals surface area contributed by atoms with Gasteiger partial charge >= 0.3 is 0 Å². The second-order valence-corrected chi connectivity index (χ2v) is 6.02. The Bertz CT molecular complexity index is 1030. The molecule has 4 aromatic rings. The van der Waals surface area contributed by atoms with E-state index in [1.54, 1.807) is 0 Å². The molecule has 0 spiro atoms. The van der Waals surface area contributed by atoms with Gasteiger partial charge in [0.2, 0.25) is 0 Å². The fraction of sp³-hybridized carbons (Fsp3) is 0.290. The Morgan fingerprint density at radius 2 is 1.22 bits per heavy atom. The minimum absolute atomic E-state index is 0. The summed E-state index contributed by atoms with van der Waals surface area (Å²) in [6.45, 7) is 16.0. The fourth-order valence-corrected chi connectivity index (χ4v) is 3.70. The zero-order chi connectivity index (χ0) is 23.2. The first kappa shape index (κ1) is 30.2. The van der Waals surface area contributed by atoms with Gasteiger partial charge in [0.25, 0.3) is 0 Å². The first-order valence-electron chi connectivity index (χ1n) is 11.9. The van der Waals surface area contributed by atoms with Gasteiger partial charge in [0.05, 0.1) is 0 Å². The van der Waals surface area contributed by atoms with Gasteiger partial charge in [0.1, 0.15) is 0 Å². The molecule has 1 radical (unpaired) electrons. The van der Waals surface area contributed by atoms with Crippen molar-refractivity contribution in [2.45, 2.75) is 61.8 Å². The van der Waals surface area contributed by atoms with Crippen LogP contribution in [0.3, 0.4) is 0 Å². The number of hydrogen-bond donors (Lipinski definition) is 0. The Labute approximate surface area is 222 Å². The van der Waals surface area contributed by atoms with E-state index in [-0.39, 0.29) is 32.7 Å². The summed E-state index contributed by atoms with van der Waals surface area (Å²) in [5, 5.41) is 2.60. The molecule has 0 nitrogen and oxygen atoms in total. The minimum atomic E-state index is 0. The van der Waals surface area contributed by atoms with Crippen LogP contribution in [0.25, 0.3) is 33.0 Å². The van der Waals surface area contributed by atoms with Crippen LogP contribution in [0.15, 0.2) is 72.8 Å². The number of benzene rings is 4. The smallest absolute Gasteiger partial charge is 0 e. The second-order valence-electron chi connectivity index (χ2n) is 6.02. The van der Waals surface area contributed by atoms with Crippen molar-refractivity contribution in [1.82, 2.24) is 0 Å². The van der Waals surface area contributed by atoms with Gasteiger partial charge in [-0.1, -0.05) is 85.7 Å². The molecule has 0 aliphatic heterocycles. The molecule has 1 aliphatic rings. The molecule has 32 heavy (non-hydrogen) atoms. The zero-order valence-corrected chi connectivity index (χ0v) is 24.1. The summed E-state index contributed by atoms with van der Waals surface area (Å²) in [4.78, 5) is 0. The van der Waals surface area contributed by atoms with E-state index in [9.17, 15) is 0 Å². The molecule has 5 rings (SSSR count). The molecule has 0 fully saturated rings. The van der Waals surface area contributed by atoms with Crippen LogP contribution in [0.4, 0.5) is 0 Å². The molecule has 0 heterocycles. The largest absolute Gasteiger partial charge is 0.226 e. The molecule has 167 valence electrons. The van der Waals surface area contributed by atoms with Crippen LogP contribution < -0.4 is 0 Å². The molecule has 0 amide bonds. The quantitative estimate of drug-likeness (QED) is 0.201. The Hall–Kier alpha value is -1.76. The molecule has 4 aromatic carbocycles.